The molecule has 1 aromatic carbocycles. The van der Waals surface area contributed by atoms with Crippen molar-refractivity contribution in [3.8, 4) is 11.4 Å². The fourth-order valence-electron chi connectivity index (χ4n) is 3.13. The SMILES string of the molecule is Cc1cc(C(=O)Nc2ccc(-c3n[nH]c(CN)n3)cc2)c2cnn(C(C)C)c2n1.Cl.Cl. The molecule has 1 amide bonds. The molecule has 31 heavy (non-hydrogen) atoms. The molecule has 0 bridgehead atoms. The third-order valence-corrected chi connectivity index (χ3v) is 4.55. The van der Waals surface area contributed by atoms with Gasteiger partial charge in [0.15, 0.2) is 11.5 Å². The number of H-pyrrole nitrogens is 1. The van der Waals surface area contributed by atoms with Crippen LogP contribution in [0.5, 0.6) is 0 Å². The Bertz CT molecular complexity index is 1180. The van der Waals surface area contributed by atoms with Gasteiger partial charge in [-0.25, -0.2) is 14.6 Å². The molecular weight excluding hydrogens is 439 g/mol. The van der Waals surface area contributed by atoms with Gasteiger partial charge in [-0.15, -0.1) is 24.8 Å². The average Bonchev–Trinajstić information content (AvgIpc) is 3.34. The van der Waals surface area contributed by atoms with E-state index in [4.69, 9.17) is 5.73 Å². The predicted molar refractivity (Wildman–Crippen MR) is 125 cm³/mol. The first-order valence-electron chi connectivity index (χ1n) is 9.34. The average molecular weight is 463 g/mol. The van der Waals surface area contributed by atoms with Crippen LogP contribution in [0.3, 0.4) is 0 Å². The Balaban J connectivity index is 0.00000171. The van der Waals surface area contributed by atoms with E-state index in [1.165, 1.54) is 0 Å². The van der Waals surface area contributed by atoms with Crippen molar-refractivity contribution < 1.29 is 4.79 Å². The van der Waals surface area contributed by atoms with Crippen LogP contribution >= 0.6 is 24.8 Å². The largest absolute Gasteiger partial charge is 0.324 e. The van der Waals surface area contributed by atoms with Crippen LogP contribution in [0.2, 0.25) is 0 Å². The number of nitrogens with two attached hydrogens (primary N) is 1. The van der Waals surface area contributed by atoms with E-state index in [1.54, 1.807) is 12.3 Å². The summed E-state index contributed by atoms with van der Waals surface area (Å²) in [6.07, 6.45) is 1.69. The smallest absolute Gasteiger partial charge is 0.256 e. The number of aryl methyl sites for hydroxylation is 1. The quantitative estimate of drug-likeness (QED) is 0.415. The second kappa shape index (κ2) is 9.86. The molecule has 4 N–H and O–H groups in total. The normalized spacial score (nSPS) is 10.6. The van der Waals surface area contributed by atoms with Gasteiger partial charge in [0.25, 0.3) is 5.91 Å². The molecule has 9 nitrogen and oxygen atoms in total. The number of carbonyl (C=O) groups excluding carboxylic acids is 1. The molecule has 164 valence electrons. The van der Waals surface area contributed by atoms with E-state index in [0.717, 1.165) is 16.6 Å². The van der Waals surface area contributed by atoms with E-state index in [1.807, 2.05) is 49.7 Å². The lowest BCUT2D eigenvalue weighted by Crippen LogP contribution is -2.13. The number of pyridine rings is 1. The summed E-state index contributed by atoms with van der Waals surface area (Å²) in [5, 5.41) is 15.0. The first-order chi connectivity index (χ1) is 14.0. The van der Waals surface area contributed by atoms with Crippen molar-refractivity contribution >= 4 is 47.4 Å². The lowest BCUT2D eigenvalue weighted by Gasteiger charge is -2.10. The molecule has 0 saturated carbocycles. The molecular formula is C20H24Cl2N8O. The molecule has 4 rings (SSSR count). The number of rotatable bonds is 5. The first-order valence-corrected chi connectivity index (χ1v) is 9.34. The van der Waals surface area contributed by atoms with Gasteiger partial charge in [0.2, 0.25) is 0 Å². The van der Waals surface area contributed by atoms with E-state index >= 15 is 0 Å². The number of hydrogen-bond acceptors (Lipinski definition) is 6. The Morgan fingerprint density at radius 2 is 1.90 bits per heavy atom. The maximum atomic E-state index is 12.9. The summed E-state index contributed by atoms with van der Waals surface area (Å²) in [6.45, 7) is 6.23. The number of fused-ring (bicyclic) bond motifs is 1. The molecule has 11 heteroatoms. The summed E-state index contributed by atoms with van der Waals surface area (Å²) in [6, 6.07) is 9.26. The summed E-state index contributed by atoms with van der Waals surface area (Å²) in [5.74, 6) is 0.979. The van der Waals surface area contributed by atoms with Gasteiger partial charge in [0, 0.05) is 23.0 Å². The summed E-state index contributed by atoms with van der Waals surface area (Å²) in [7, 11) is 0. The van der Waals surface area contributed by atoms with Crippen LogP contribution in [0.1, 0.15) is 41.8 Å². The van der Waals surface area contributed by atoms with Crippen molar-refractivity contribution in [2.75, 3.05) is 5.32 Å². The fraction of sp³-hybridized carbons (Fsp3) is 0.250. The van der Waals surface area contributed by atoms with Gasteiger partial charge in [-0.1, -0.05) is 0 Å². The van der Waals surface area contributed by atoms with E-state index < -0.39 is 0 Å². The van der Waals surface area contributed by atoms with Crippen LogP contribution in [-0.4, -0.2) is 35.9 Å². The minimum absolute atomic E-state index is 0. The highest BCUT2D eigenvalue weighted by molar-refractivity contribution is 6.12. The number of hydrogen-bond donors (Lipinski definition) is 3. The lowest BCUT2D eigenvalue weighted by molar-refractivity contribution is 0.102. The lowest BCUT2D eigenvalue weighted by atomic mass is 10.1. The van der Waals surface area contributed by atoms with Gasteiger partial charge in [-0.3, -0.25) is 9.89 Å². The van der Waals surface area contributed by atoms with Crippen LogP contribution in [0, 0.1) is 6.92 Å². The minimum Gasteiger partial charge on any atom is -0.324 e. The van der Waals surface area contributed by atoms with Gasteiger partial charge in [-0.2, -0.15) is 10.2 Å². The number of aromatic amines is 1. The molecule has 0 unspecified atom stereocenters. The van der Waals surface area contributed by atoms with Gasteiger partial charge in [-0.05, 0) is 51.1 Å². The third kappa shape index (κ3) is 4.84. The number of halogens is 2. The maximum Gasteiger partial charge on any atom is 0.256 e. The molecule has 0 aliphatic heterocycles. The Morgan fingerprint density at radius 1 is 1.19 bits per heavy atom. The number of anilines is 1. The zero-order chi connectivity index (χ0) is 20.5. The predicted octanol–water partition coefficient (Wildman–Crippen LogP) is 3.66. The number of benzene rings is 1. The highest BCUT2D eigenvalue weighted by atomic mass is 35.5. The summed E-state index contributed by atoms with van der Waals surface area (Å²) in [5.41, 5.74) is 9.08. The second-order valence-corrected chi connectivity index (χ2v) is 7.07. The molecule has 0 spiro atoms. The van der Waals surface area contributed by atoms with Crippen molar-refractivity contribution in [1.29, 1.82) is 0 Å². The zero-order valence-corrected chi connectivity index (χ0v) is 18.9. The Morgan fingerprint density at radius 3 is 2.52 bits per heavy atom. The number of nitrogens with one attached hydrogen (secondary N) is 2. The molecule has 0 aliphatic rings. The van der Waals surface area contributed by atoms with E-state index in [2.05, 4.69) is 30.6 Å². The van der Waals surface area contributed by atoms with E-state index in [0.29, 0.717) is 35.1 Å². The Labute approximate surface area is 191 Å². The minimum atomic E-state index is -0.208. The number of aromatic nitrogens is 6. The van der Waals surface area contributed by atoms with Gasteiger partial charge in [0.1, 0.15) is 5.82 Å². The molecule has 4 aromatic rings. The van der Waals surface area contributed by atoms with Crippen LogP contribution in [0.25, 0.3) is 22.4 Å². The highest BCUT2D eigenvalue weighted by Crippen LogP contribution is 2.23. The monoisotopic (exact) mass is 462 g/mol. The summed E-state index contributed by atoms with van der Waals surface area (Å²) in [4.78, 5) is 21.8. The third-order valence-electron chi connectivity index (χ3n) is 4.55. The Hall–Kier alpha value is -3.01. The number of nitrogens with zero attached hydrogens (tertiary/aromatic N) is 5. The van der Waals surface area contributed by atoms with Gasteiger partial charge in [0.05, 0.1) is 23.7 Å². The molecule has 0 saturated heterocycles. The van der Waals surface area contributed by atoms with Crippen molar-refractivity contribution in [3.05, 3.63) is 53.6 Å². The van der Waals surface area contributed by atoms with Crippen LogP contribution in [0.15, 0.2) is 36.5 Å². The Kier molecular flexibility index (Phi) is 7.72. The van der Waals surface area contributed by atoms with Crippen molar-refractivity contribution in [1.82, 2.24) is 29.9 Å². The standard InChI is InChI=1S/C20H22N8O.2ClH/c1-11(2)28-19-16(10-22-28)15(8-12(3)23-19)20(29)24-14-6-4-13(5-7-14)18-25-17(9-21)26-27-18;;/h4-8,10-11H,9,21H2,1-3H3,(H,24,29)(H,25,26,27);2*1H. The van der Waals surface area contributed by atoms with Crippen LogP contribution < -0.4 is 11.1 Å². The first kappa shape index (κ1) is 24.3. The summed E-state index contributed by atoms with van der Waals surface area (Å²) < 4.78 is 1.82. The summed E-state index contributed by atoms with van der Waals surface area (Å²) >= 11 is 0. The maximum absolute atomic E-state index is 12.9. The van der Waals surface area contributed by atoms with Gasteiger partial charge < -0.3 is 11.1 Å². The topological polar surface area (TPSA) is 127 Å². The molecule has 0 aliphatic carbocycles. The number of amides is 1. The fourth-order valence-corrected chi connectivity index (χ4v) is 3.13. The molecule has 3 aromatic heterocycles. The van der Waals surface area contributed by atoms with E-state index in [9.17, 15) is 4.79 Å². The van der Waals surface area contributed by atoms with Crippen molar-refractivity contribution in [2.45, 2.75) is 33.4 Å². The number of carbonyl (C=O) groups is 1. The van der Waals surface area contributed by atoms with E-state index in [-0.39, 0.29) is 36.8 Å². The van der Waals surface area contributed by atoms with Gasteiger partial charge >= 0.3 is 0 Å². The second-order valence-electron chi connectivity index (χ2n) is 7.07. The van der Waals surface area contributed by atoms with Crippen molar-refractivity contribution in [3.63, 3.8) is 0 Å². The molecule has 3 heterocycles. The molecule has 0 atom stereocenters. The van der Waals surface area contributed by atoms with Crippen LogP contribution in [0.4, 0.5) is 5.69 Å². The van der Waals surface area contributed by atoms with Crippen molar-refractivity contribution in [2.24, 2.45) is 5.73 Å². The highest BCUT2D eigenvalue weighted by Gasteiger charge is 2.17. The molecule has 0 radical (unpaired) electrons. The zero-order valence-electron chi connectivity index (χ0n) is 17.3. The van der Waals surface area contributed by atoms with Crippen LogP contribution in [-0.2, 0) is 6.54 Å². The molecule has 0 fully saturated rings.